The summed E-state index contributed by atoms with van der Waals surface area (Å²) in [6.07, 6.45) is 0. The lowest BCUT2D eigenvalue weighted by Gasteiger charge is -2.11. The van der Waals surface area contributed by atoms with Crippen molar-refractivity contribution in [1.29, 1.82) is 0 Å². The van der Waals surface area contributed by atoms with Crippen LogP contribution in [0, 0.1) is 0 Å². The number of ether oxygens (including phenoxy) is 2. The number of benzene rings is 1. The molecule has 0 aliphatic carbocycles. The van der Waals surface area contributed by atoms with Crippen molar-refractivity contribution in [3.63, 3.8) is 0 Å². The van der Waals surface area contributed by atoms with E-state index in [4.69, 9.17) is 14.6 Å². The number of methoxy groups -OCH3 is 2. The molecule has 1 aromatic heterocycles. The fourth-order valence-electron chi connectivity index (χ4n) is 1.99. The molecule has 0 unspecified atom stereocenters. The van der Waals surface area contributed by atoms with Gasteiger partial charge in [-0.1, -0.05) is 12.1 Å². The summed E-state index contributed by atoms with van der Waals surface area (Å²) in [7, 11) is -1.62. The van der Waals surface area contributed by atoms with Crippen LogP contribution in [0.25, 0.3) is 0 Å². The number of aromatic nitrogens is 2. The predicted octanol–water partition coefficient (Wildman–Crippen LogP) is 0.380. The number of rotatable bonds is 7. The Labute approximate surface area is 154 Å². The SMILES string of the molecule is COc1cc(OC)nc(CNC(=O)NS(=O)(=O)c2ccccc2C(=O)O)n1. The maximum absolute atomic E-state index is 12.3. The summed E-state index contributed by atoms with van der Waals surface area (Å²) in [4.78, 5) is 30.5. The Bertz CT molecular complexity index is 940. The Morgan fingerprint density at radius 1 is 1.11 bits per heavy atom. The van der Waals surface area contributed by atoms with Crippen molar-refractivity contribution >= 4 is 22.0 Å². The van der Waals surface area contributed by atoms with Gasteiger partial charge in [-0.05, 0) is 12.1 Å². The minimum atomic E-state index is -4.40. The summed E-state index contributed by atoms with van der Waals surface area (Å²) >= 11 is 0. The van der Waals surface area contributed by atoms with E-state index in [-0.39, 0.29) is 24.1 Å². The number of aromatic carboxylic acids is 1. The van der Waals surface area contributed by atoms with Gasteiger partial charge in [0.1, 0.15) is 4.90 Å². The van der Waals surface area contributed by atoms with Crippen LogP contribution in [0.2, 0.25) is 0 Å². The fraction of sp³-hybridized carbons (Fsp3) is 0.200. The zero-order valence-electron chi connectivity index (χ0n) is 14.3. The van der Waals surface area contributed by atoms with E-state index in [1.165, 1.54) is 32.4 Å². The molecule has 0 radical (unpaired) electrons. The first-order chi connectivity index (χ1) is 12.8. The molecule has 11 nitrogen and oxygen atoms in total. The van der Waals surface area contributed by atoms with Crippen LogP contribution >= 0.6 is 0 Å². The summed E-state index contributed by atoms with van der Waals surface area (Å²) in [5.41, 5.74) is -0.460. The van der Waals surface area contributed by atoms with Gasteiger partial charge in [0.05, 0.1) is 32.4 Å². The van der Waals surface area contributed by atoms with Crippen LogP contribution in [0.5, 0.6) is 11.8 Å². The second-order valence-corrected chi connectivity index (χ2v) is 6.61. The van der Waals surface area contributed by atoms with Gasteiger partial charge in [-0.15, -0.1) is 0 Å². The standard InChI is InChI=1S/C15H16N4O7S/c1-25-12-7-13(26-2)18-11(17-12)8-16-15(22)19-27(23,24)10-6-4-3-5-9(10)14(20)21/h3-7H,8H2,1-2H3,(H,20,21)(H2,16,19,22). The third-order valence-electron chi connectivity index (χ3n) is 3.18. The van der Waals surface area contributed by atoms with E-state index in [0.717, 1.165) is 12.1 Å². The Hall–Kier alpha value is -3.41. The summed E-state index contributed by atoms with van der Waals surface area (Å²) < 4.78 is 36.2. The van der Waals surface area contributed by atoms with E-state index in [1.807, 2.05) is 0 Å². The topological polar surface area (TPSA) is 157 Å². The average molecular weight is 396 g/mol. The Kier molecular flexibility index (Phi) is 6.13. The van der Waals surface area contributed by atoms with Gasteiger partial charge < -0.3 is 19.9 Å². The molecule has 0 fully saturated rings. The van der Waals surface area contributed by atoms with Gasteiger partial charge in [-0.25, -0.2) is 22.7 Å². The first-order valence-electron chi connectivity index (χ1n) is 7.35. The first-order valence-corrected chi connectivity index (χ1v) is 8.84. The molecule has 27 heavy (non-hydrogen) atoms. The lowest BCUT2D eigenvalue weighted by atomic mass is 10.2. The number of urea groups is 1. The minimum absolute atomic E-state index is 0.115. The van der Waals surface area contributed by atoms with Crippen LogP contribution in [0.3, 0.4) is 0 Å². The second-order valence-electron chi connectivity index (χ2n) is 4.96. The smallest absolute Gasteiger partial charge is 0.337 e. The lowest BCUT2D eigenvalue weighted by Crippen LogP contribution is -2.39. The molecular weight excluding hydrogens is 380 g/mol. The van der Waals surface area contributed by atoms with Gasteiger partial charge >= 0.3 is 12.0 Å². The second kappa shape index (κ2) is 8.31. The fourth-order valence-corrected chi connectivity index (χ4v) is 3.12. The Morgan fingerprint density at radius 2 is 1.70 bits per heavy atom. The number of carbonyl (C=O) groups excluding carboxylic acids is 1. The molecule has 0 bridgehead atoms. The molecule has 2 rings (SSSR count). The van der Waals surface area contributed by atoms with Crippen molar-refractivity contribution in [2.75, 3.05) is 14.2 Å². The highest BCUT2D eigenvalue weighted by Crippen LogP contribution is 2.16. The predicted molar refractivity (Wildman–Crippen MR) is 91.1 cm³/mol. The first kappa shape index (κ1) is 19.9. The van der Waals surface area contributed by atoms with Crippen LogP contribution in [0.1, 0.15) is 16.2 Å². The van der Waals surface area contributed by atoms with Crippen molar-refractivity contribution in [2.45, 2.75) is 11.4 Å². The average Bonchev–Trinajstić information content (AvgIpc) is 2.65. The minimum Gasteiger partial charge on any atom is -0.481 e. The maximum Gasteiger partial charge on any atom is 0.337 e. The van der Waals surface area contributed by atoms with Crippen LogP contribution in [-0.2, 0) is 16.6 Å². The Balaban J connectivity index is 2.11. The van der Waals surface area contributed by atoms with Crippen molar-refractivity contribution < 1.29 is 32.6 Å². The summed E-state index contributed by atoms with van der Waals surface area (Å²) in [5.74, 6) is -0.929. The number of carboxylic acids is 1. The molecule has 3 N–H and O–H groups in total. The van der Waals surface area contributed by atoms with Crippen LogP contribution in [-0.4, -0.2) is 49.7 Å². The molecule has 0 atom stereocenters. The quantitative estimate of drug-likeness (QED) is 0.602. The normalized spacial score (nSPS) is 10.7. The van der Waals surface area contributed by atoms with Gasteiger partial charge in [-0.3, -0.25) is 0 Å². The third-order valence-corrected chi connectivity index (χ3v) is 4.57. The lowest BCUT2D eigenvalue weighted by molar-refractivity contribution is 0.0692. The molecule has 2 aromatic rings. The molecule has 0 spiro atoms. The monoisotopic (exact) mass is 396 g/mol. The third kappa shape index (κ3) is 5.04. The number of hydrogen-bond acceptors (Lipinski definition) is 8. The number of amides is 2. The summed E-state index contributed by atoms with van der Waals surface area (Å²) in [6, 6.07) is 5.25. The number of carboxylic acid groups (broad SMARTS) is 1. The zero-order chi connectivity index (χ0) is 20.0. The molecule has 144 valence electrons. The van der Waals surface area contributed by atoms with Crippen molar-refractivity contribution in [1.82, 2.24) is 20.0 Å². The number of sulfonamides is 1. The molecule has 0 saturated carbocycles. The molecule has 1 heterocycles. The summed E-state index contributed by atoms with van der Waals surface area (Å²) in [6.45, 7) is -0.227. The maximum atomic E-state index is 12.3. The van der Waals surface area contributed by atoms with E-state index in [9.17, 15) is 18.0 Å². The largest absolute Gasteiger partial charge is 0.481 e. The van der Waals surface area contributed by atoms with E-state index >= 15 is 0 Å². The van der Waals surface area contributed by atoms with Gasteiger partial charge in [0.25, 0.3) is 10.0 Å². The number of nitrogens with zero attached hydrogens (tertiary/aromatic N) is 2. The van der Waals surface area contributed by atoms with E-state index in [2.05, 4.69) is 15.3 Å². The molecule has 2 amide bonds. The number of carbonyl (C=O) groups is 2. The van der Waals surface area contributed by atoms with Gasteiger partial charge in [0.2, 0.25) is 11.8 Å². The van der Waals surface area contributed by atoms with Gasteiger partial charge in [-0.2, -0.15) is 9.97 Å². The summed E-state index contributed by atoms with van der Waals surface area (Å²) in [5, 5.41) is 11.3. The molecule has 0 aliphatic rings. The molecule has 1 aromatic carbocycles. The number of hydrogen-bond donors (Lipinski definition) is 3. The molecule has 0 saturated heterocycles. The highest BCUT2D eigenvalue weighted by atomic mass is 32.2. The highest BCUT2D eigenvalue weighted by molar-refractivity contribution is 7.90. The highest BCUT2D eigenvalue weighted by Gasteiger charge is 2.23. The van der Waals surface area contributed by atoms with Gasteiger partial charge in [0.15, 0.2) is 5.82 Å². The van der Waals surface area contributed by atoms with E-state index in [0.29, 0.717) is 0 Å². The van der Waals surface area contributed by atoms with Crippen LogP contribution in [0.15, 0.2) is 35.2 Å². The molecule has 12 heteroatoms. The van der Waals surface area contributed by atoms with Crippen molar-refractivity contribution in [3.05, 3.63) is 41.7 Å². The Morgan fingerprint density at radius 3 is 2.26 bits per heavy atom. The van der Waals surface area contributed by atoms with E-state index in [1.54, 1.807) is 4.72 Å². The van der Waals surface area contributed by atoms with Crippen LogP contribution < -0.4 is 19.5 Å². The molecule has 0 aliphatic heterocycles. The van der Waals surface area contributed by atoms with E-state index < -0.39 is 32.5 Å². The van der Waals surface area contributed by atoms with Gasteiger partial charge in [0, 0.05) is 0 Å². The number of nitrogens with one attached hydrogen (secondary N) is 2. The van der Waals surface area contributed by atoms with Crippen LogP contribution in [0.4, 0.5) is 4.79 Å². The van der Waals surface area contributed by atoms with Crippen molar-refractivity contribution in [3.8, 4) is 11.8 Å². The molecular formula is C15H16N4O7S. The van der Waals surface area contributed by atoms with Crippen molar-refractivity contribution in [2.24, 2.45) is 0 Å². The zero-order valence-corrected chi connectivity index (χ0v) is 15.1.